The molecule has 6 heteroatoms. The number of benzene rings is 2. The number of hydrogen-bond acceptors (Lipinski definition) is 4. The van der Waals surface area contributed by atoms with Gasteiger partial charge >= 0.3 is 0 Å². The van der Waals surface area contributed by atoms with Crippen molar-refractivity contribution in [2.24, 2.45) is 0 Å². The molecule has 3 rings (SSSR count). The van der Waals surface area contributed by atoms with E-state index in [1.807, 2.05) is 0 Å². The number of nitrogens with one attached hydrogen (secondary N) is 1. The highest BCUT2D eigenvalue weighted by Gasteiger charge is 2.20. The molecule has 1 aliphatic heterocycles. The van der Waals surface area contributed by atoms with Crippen molar-refractivity contribution in [2.45, 2.75) is 0 Å². The van der Waals surface area contributed by atoms with Crippen LogP contribution in [0.25, 0.3) is 0 Å². The van der Waals surface area contributed by atoms with Crippen molar-refractivity contribution in [3.63, 3.8) is 0 Å². The van der Waals surface area contributed by atoms with Crippen LogP contribution < -0.4 is 14.8 Å². The fourth-order valence-corrected chi connectivity index (χ4v) is 2.16. The molecule has 0 aromatic heterocycles. The summed E-state index contributed by atoms with van der Waals surface area (Å²) in [5, 5.41) is 12.5. The fourth-order valence-electron chi connectivity index (χ4n) is 2.04. The van der Waals surface area contributed by atoms with Crippen LogP contribution in [0.3, 0.4) is 0 Å². The first-order chi connectivity index (χ1) is 10.1. The number of phenols is 1. The smallest absolute Gasteiger partial charge is 0.259 e. The minimum absolute atomic E-state index is 0.0934. The lowest BCUT2D eigenvalue weighted by molar-refractivity contribution is 0.101. The molecule has 0 bridgehead atoms. The Kier molecular flexibility index (Phi) is 3.58. The van der Waals surface area contributed by atoms with Crippen LogP contribution in [-0.2, 0) is 0 Å². The standard InChI is InChI=1S/C15H12ClNO4/c16-11-5-4-9(8-12(11)18)17-15(19)10-2-1-3-13-14(10)21-7-6-20-13/h1-5,8,18H,6-7H2,(H,17,19). The molecule has 1 amide bonds. The molecule has 0 spiro atoms. The maximum absolute atomic E-state index is 12.3. The predicted octanol–water partition coefficient (Wildman–Crippen LogP) is 3.07. The number of amides is 1. The zero-order valence-corrected chi connectivity index (χ0v) is 11.7. The van der Waals surface area contributed by atoms with Crippen LogP contribution in [-0.4, -0.2) is 24.2 Å². The topological polar surface area (TPSA) is 67.8 Å². The second-order valence-corrected chi connectivity index (χ2v) is 4.86. The number of halogens is 1. The van der Waals surface area contributed by atoms with Gasteiger partial charge in [0.1, 0.15) is 19.0 Å². The van der Waals surface area contributed by atoms with Crippen molar-refractivity contribution in [1.82, 2.24) is 0 Å². The Labute approximate surface area is 126 Å². The van der Waals surface area contributed by atoms with E-state index in [0.29, 0.717) is 36.0 Å². The first-order valence-corrected chi connectivity index (χ1v) is 6.71. The largest absolute Gasteiger partial charge is 0.506 e. The lowest BCUT2D eigenvalue weighted by atomic mass is 10.1. The summed E-state index contributed by atoms with van der Waals surface area (Å²) in [4.78, 5) is 12.3. The van der Waals surface area contributed by atoms with Gasteiger partial charge < -0.3 is 19.9 Å². The van der Waals surface area contributed by atoms with Crippen LogP contribution in [0.4, 0.5) is 5.69 Å². The molecule has 2 N–H and O–H groups in total. The Morgan fingerprint density at radius 2 is 2.00 bits per heavy atom. The van der Waals surface area contributed by atoms with Crippen molar-refractivity contribution in [2.75, 3.05) is 18.5 Å². The molecule has 0 fully saturated rings. The van der Waals surface area contributed by atoms with Crippen LogP contribution in [0, 0.1) is 0 Å². The number of anilines is 1. The van der Waals surface area contributed by atoms with Gasteiger partial charge in [0.05, 0.1) is 10.6 Å². The summed E-state index contributed by atoms with van der Waals surface area (Å²) in [5.41, 5.74) is 0.817. The molecule has 0 saturated heterocycles. The molecule has 108 valence electrons. The van der Waals surface area contributed by atoms with Crippen molar-refractivity contribution >= 4 is 23.2 Å². The second-order valence-electron chi connectivity index (χ2n) is 4.45. The average molecular weight is 306 g/mol. The Balaban J connectivity index is 1.87. The minimum Gasteiger partial charge on any atom is -0.506 e. The highest BCUT2D eigenvalue weighted by molar-refractivity contribution is 6.32. The Bertz CT molecular complexity index is 702. The predicted molar refractivity (Wildman–Crippen MR) is 78.5 cm³/mol. The molecular formula is C15H12ClNO4. The SMILES string of the molecule is O=C(Nc1ccc(Cl)c(O)c1)c1cccc2c1OCCO2. The summed E-state index contributed by atoms with van der Waals surface area (Å²) in [6, 6.07) is 9.62. The van der Waals surface area contributed by atoms with Gasteiger partial charge in [0.25, 0.3) is 5.91 Å². The van der Waals surface area contributed by atoms with Gasteiger partial charge in [0.15, 0.2) is 11.5 Å². The van der Waals surface area contributed by atoms with Crippen LogP contribution >= 0.6 is 11.6 Å². The fraction of sp³-hybridized carbons (Fsp3) is 0.133. The summed E-state index contributed by atoms with van der Waals surface area (Å²) >= 11 is 5.73. The van der Waals surface area contributed by atoms with E-state index in [-0.39, 0.29) is 16.7 Å². The molecule has 0 saturated carbocycles. The zero-order chi connectivity index (χ0) is 14.8. The van der Waals surface area contributed by atoms with E-state index in [4.69, 9.17) is 21.1 Å². The third-order valence-electron chi connectivity index (χ3n) is 3.01. The van der Waals surface area contributed by atoms with E-state index >= 15 is 0 Å². The van der Waals surface area contributed by atoms with Crippen molar-refractivity contribution in [3.8, 4) is 17.2 Å². The molecule has 5 nitrogen and oxygen atoms in total. The van der Waals surface area contributed by atoms with Gasteiger partial charge in [-0.3, -0.25) is 4.79 Å². The number of hydrogen-bond donors (Lipinski definition) is 2. The van der Waals surface area contributed by atoms with E-state index < -0.39 is 0 Å². The van der Waals surface area contributed by atoms with Crippen LogP contribution in [0.5, 0.6) is 17.2 Å². The van der Waals surface area contributed by atoms with Gasteiger partial charge in [-0.1, -0.05) is 17.7 Å². The third kappa shape index (κ3) is 2.73. The Morgan fingerprint density at radius 3 is 2.81 bits per heavy atom. The number of ether oxygens (including phenoxy) is 2. The molecule has 0 atom stereocenters. The maximum Gasteiger partial charge on any atom is 0.259 e. The summed E-state index contributed by atoms with van der Waals surface area (Å²) in [5.74, 6) is 0.538. The van der Waals surface area contributed by atoms with Gasteiger partial charge in [0.2, 0.25) is 0 Å². The lowest BCUT2D eigenvalue weighted by Crippen LogP contribution is -2.20. The summed E-state index contributed by atoms with van der Waals surface area (Å²) in [6.45, 7) is 0.863. The molecule has 21 heavy (non-hydrogen) atoms. The third-order valence-corrected chi connectivity index (χ3v) is 3.33. The highest BCUT2D eigenvalue weighted by Crippen LogP contribution is 2.34. The number of para-hydroxylation sites is 1. The maximum atomic E-state index is 12.3. The summed E-state index contributed by atoms with van der Waals surface area (Å²) < 4.78 is 10.9. The monoisotopic (exact) mass is 305 g/mol. The molecule has 0 unspecified atom stereocenters. The first-order valence-electron chi connectivity index (χ1n) is 6.33. The molecular weight excluding hydrogens is 294 g/mol. The average Bonchev–Trinajstić information content (AvgIpc) is 2.50. The molecule has 2 aromatic rings. The highest BCUT2D eigenvalue weighted by atomic mass is 35.5. The van der Waals surface area contributed by atoms with Gasteiger partial charge in [0, 0.05) is 11.8 Å². The Hall–Kier alpha value is -2.40. The molecule has 0 aliphatic carbocycles. The quantitative estimate of drug-likeness (QED) is 0.895. The number of rotatable bonds is 2. The van der Waals surface area contributed by atoms with Gasteiger partial charge in [-0.05, 0) is 24.3 Å². The second kappa shape index (κ2) is 5.54. The van der Waals surface area contributed by atoms with Crippen LogP contribution in [0.2, 0.25) is 5.02 Å². The number of fused-ring (bicyclic) bond motifs is 1. The van der Waals surface area contributed by atoms with Crippen molar-refractivity contribution in [3.05, 3.63) is 47.0 Å². The number of carbonyl (C=O) groups is 1. The van der Waals surface area contributed by atoms with E-state index in [2.05, 4.69) is 5.32 Å². The van der Waals surface area contributed by atoms with Crippen LogP contribution in [0.1, 0.15) is 10.4 Å². The van der Waals surface area contributed by atoms with Gasteiger partial charge in [-0.15, -0.1) is 0 Å². The van der Waals surface area contributed by atoms with E-state index in [0.717, 1.165) is 0 Å². The summed E-state index contributed by atoms with van der Waals surface area (Å²) in [7, 11) is 0. The van der Waals surface area contributed by atoms with Crippen molar-refractivity contribution < 1.29 is 19.4 Å². The Morgan fingerprint density at radius 1 is 1.19 bits per heavy atom. The van der Waals surface area contributed by atoms with Gasteiger partial charge in [-0.2, -0.15) is 0 Å². The zero-order valence-electron chi connectivity index (χ0n) is 10.9. The molecule has 2 aromatic carbocycles. The van der Waals surface area contributed by atoms with Crippen molar-refractivity contribution in [1.29, 1.82) is 0 Å². The number of phenolic OH excluding ortho intramolecular Hbond substituents is 1. The number of carbonyl (C=O) groups excluding carboxylic acids is 1. The lowest BCUT2D eigenvalue weighted by Gasteiger charge is -2.20. The first kappa shape index (κ1) is 13.6. The van der Waals surface area contributed by atoms with E-state index in [1.165, 1.54) is 12.1 Å². The number of aromatic hydroxyl groups is 1. The molecule has 1 heterocycles. The van der Waals surface area contributed by atoms with E-state index in [1.54, 1.807) is 24.3 Å². The van der Waals surface area contributed by atoms with Crippen LogP contribution in [0.15, 0.2) is 36.4 Å². The van der Waals surface area contributed by atoms with Gasteiger partial charge in [-0.25, -0.2) is 0 Å². The minimum atomic E-state index is -0.348. The van der Waals surface area contributed by atoms with E-state index in [9.17, 15) is 9.90 Å². The molecule has 0 radical (unpaired) electrons. The summed E-state index contributed by atoms with van der Waals surface area (Å²) in [6.07, 6.45) is 0. The molecule has 1 aliphatic rings. The normalized spacial score (nSPS) is 12.8.